The molecule has 2 amide bonds. The Hall–Kier alpha value is -3.42. The number of nitrogens with one attached hydrogen (secondary N) is 2. The number of phosphoric acid groups is 3. The van der Waals surface area contributed by atoms with Crippen molar-refractivity contribution >= 4 is 69.1 Å². The van der Waals surface area contributed by atoms with Crippen molar-refractivity contribution in [1.29, 1.82) is 0 Å². The number of rotatable bonds is 20. The minimum absolute atomic E-state index is 0.0248. The summed E-state index contributed by atoms with van der Waals surface area (Å²) in [7, 11) is -17.6. The van der Waals surface area contributed by atoms with E-state index in [-0.39, 0.29) is 47.4 Å². The Kier molecular flexibility index (Phi) is 16.5. The maximum absolute atomic E-state index is 12.6. The van der Waals surface area contributed by atoms with Crippen LogP contribution in [-0.4, -0.2) is 103 Å². The van der Waals surface area contributed by atoms with Crippen molar-refractivity contribution in [3.8, 4) is 0 Å². The molecule has 58 heavy (non-hydrogen) atoms. The first-order valence-corrected chi connectivity index (χ1v) is 22.1. The summed E-state index contributed by atoms with van der Waals surface area (Å²) in [5, 5.41) is 25.9. The number of anilines is 1. The van der Waals surface area contributed by atoms with Gasteiger partial charge in [-0.15, -0.1) is 0 Å². The maximum Gasteiger partial charge on any atom is 0.274 e. The van der Waals surface area contributed by atoms with Gasteiger partial charge in [-0.2, -0.15) is 0 Å². The van der Waals surface area contributed by atoms with E-state index >= 15 is 0 Å². The van der Waals surface area contributed by atoms with Crippen molar-refractivity contribution in [3.63, 3.8) is 0 Å². The van der Waals surface area contributed by atoms with Crippen LogP contribution < -0.4 is 35.9 Å². The van der Waals surface area contributed by atoms with Gasteiger partial charge in [0.05, 0.1) is 33.6 Å². The summed E-state index contributed by atoms with van der Waals surface area (Å²) in [6.45, 7) is -0.0142. The summed E-state index contributed by atoms with van der Waals surface area (Å²) in [5.41, 5.74) is 4.05. The van der Waals surface area contributed by atoms with E-state index < -0.39 is 84.6 Å². The number of fused-ring (bicyclic) bond motifs is 1. The predicted molar refractivity (Wildman–Crippen MR) is 190 cm³/mol. The topological polar surface area (TPSA) is 384 Å². The number of nitrogen functional groups attached to an aromatic ring is 1. The molecule has 25 nitrogen and oxygen atoms in total. The largest absolute Gasteiger partial charge is 0.790 e. The van der Waals surface area contributed by atoms with Gasteiger partial charge in [0.25, 0.3) is 15.6 Å². The number of hydrogen-bond acceptors (Lipinski definition) is 23. The van der Waals surface area contributed by atoms with Crippen LogP contribution in [0.15, 0.2) is 49.0 Å². The molecule has 1 fully saturated rings. The highest BCUT2D eigenvalue weighted by Gasteiger charge is 2.47. The summed E-state index contributed by atoms with van der Waals surface area (Å²) >= 11 is 0.954. The molecule has 2 aliphatic heterocycles. The summed E-state index contributed by atoms with van der Waals surface area (Å²) < 4.78 is 65.8. The van der Waals surface area contributed by atoms with E-state index in [1.54, 1.807) is 12.2 Å². The lowest BCUT2D eigenvalue weighted by Crippen LogP contribution is -2.46. The average molecular weight is 898 g/mol. The quantitative estimate of drug-likeness (QED) is 0.0521. The lowest BCUT2D eigenvalue weighted by molar-refractivity contribution is -0.347. The molecular formula is C29H38N7O18P3S-4. The summed E-state index contributed by atoms with van der Waals surface area (Å²) in [5.74, 6) is -0.878. The highest BCUT2D eigenvalue weighted by Crippen LogP contribution is 2.56. The molecule has 0 aliphatic carbocycles. The summed E-state index contributed by atoms with van der Waals surface area (Å²) in [6.07, 6.45) is 0.866. The fourth-order valence-corrected chi connectivity index (χ4v) is 8.36. The first kappa shape index (κ1) is 47.3. The Labute approximate surface area is 333 Å². The summed E-state index contributed by atoms with van der Waals surface area (Å²) in [4.78, 5) is 96.2. The number of carbonyl (C=O) groups excluding carboxylic acids is 3. The van der Waals surface area contributed by atoms with E-state index in [0.717, 1.165) is 29.0 Å². The van der Waals surface area contributed by atoms with Crippen LogP contribution in [0.1, 0.15) is 32.9 Å². The molecular weight excluding hydrogens is 859 g/mol. The van der Waals surface area contributed by atoms with Gasteiger partial charge in [0.1, 0.15) is 42.0 Å². The molecule has 0 spiro atoms. The van der Waals surface area contributed by atoms with E-state index in [4.69, 9.17) is 15.2 Å². The molecule has 29 heteroatoms. The molecule has 2 aliphatic rings. The molecule has 0 bridgehead atoms. The third-order valence-electron chi connectivity index (χ3n) is 7.86. The van der Waals surface area contributed by atoms with Gasteiger partial charge in [-0.25, -0.2) is 19.3 Å². The van der Waals surface area contributed by atoms with Gasteiger partial charge < -0.3 is 73.8 Å². The number of thioether (sulfide) groups is 1. The van der Waals surface area contributed by atoms with E-state index in [2.05, 4.69) is 43.5 Å². The van der Waals surface area contributed by atoms with Crippen LogP contribution in [0, 0.1) is 5.41 Å². The molecule has 0 radical (unpaired) electrons. The van der Waals surface area contributed by atoms with Gasteiger partial charge in [0.2, 0.25) is 16.9 Å². The molecule has 0 saturated carbocycles. The first-order valence-electron chi connectivity index (χ1n) is 16.7. The number of nitrogens with zero attached hydrogens (tertiary/aromatic N) is 4. The number of carbonyl (C=O) groups is 3. The number of hydrogen-bond donors (Lipinski definition) is 5. The number of aliphatic hydroxyl groups is 2. The number of aromatic nitrogens is 4. The first-order chi connectivity index (χ1) is 27.1. The predicted octanol–water partition coefficient (Wildman–Crippen LogP) is -2.49. The van der Waals surface area contributed by atoms with Gasteiger partial charge in [0, 0.05) is 43.2 Å². The highest BCUT2D eigenvalue weighted by molar-refractivity contribution is 8.14. The second-order valence-electron chi connectivity index (χ2n) is 12.8. The number of aliphatic hydroxyl groups excluding tert-OH is 2. The molecule has 2 aromatic heterocycles. The zero-order valence-electron chi connectivity index (χ0n) is 30.4. The van der Waals surface area contributed by atoms with E-state index in [1.807, 2.05) is 6.08 Å². The maximum atomic E-state index is 12.6. The van der Waals surface area contributed by atoms with E-state index in [9.17, 15) is 57.9 Å². The zero-order valence-corrected chi connectivity index (χ0v) is 33.9. The third kappa shape index (κ3) is 14.1. The average Bonchev–Trinajstić information content (AvgIpc) is 3.57. The van der Waals surface area contributed by atoms with Gasteiger partial charge in [-0.05, 0) is 6.08 Å². The van der Waals surface area contributed by atoms with Crippen LogP contribution in [-0.2, 0) is 55.4 Å². The van der Waals surface area contributed by atoms with E-state index in [1.165, 1.54) is 26.2 Å². The summed E-state index contributed by atoms with van der Waals surface area (Å²) in [6, 6.07) is 0. The fourth-order valence-electron chi connectivity index (χ4n) is 5.01. The molecule has 7 atom stereocenters. The number of phosphoric ester groups is 3. The number of imidazole rings is 1. The number of ether oxygens (including phenoxy) is 2. The van der Waals surface area contributed by atoms with Crippen molar-refractivity contribution in [3.05, 3.63) is 49.0 Å². The Morgan fingerprint density at radius 2 is 1.83 bits per heavy atom. The molecule has 6 N–H and O–H groups in total. The van der Waals surface area contributed by atoms with Crippen LogP contribution in [0.2, 0.25) is 0 Å². The monoisotopic (exact) mass is 897 g/mol. The van der Waals surface area contributed by atoms with E-state index in [0.29, 0.717) is 12.2 Å². The Balaban J connectivity index is 1.21. The Bertz CT molecular complexity index is 2030. The third-order valence-corrected chi connectivity index (χ3v) is 11.7. The number of nitrogens with two attached hydrogens (primary N) is 1. The van der Waals surface area contributed by atoms with Crippen LogP contribution in [0.25, 0.3) is 11.2 Å². The number of allylic oxidation sites excluding steroid dienone is 3. The van der Waals surface area contributed by atoms with Crippen molar-refractivity contribution in [2.75, 3.05) is 37.8 Å². The molecule has 1 saturated heterocycles. The van der Waals surface area contributed by atoms with Crippen molar-refractivity contribution < 1.29 is 85.2 Å². The molecule has 322 valence electrons. The molecule has 4 rings (SSSR count). The van der Waals surface area contributed by atoms with Crippen molar-refractivity contribution in [2.24, 2.45) is 5.41 Å². The lowest BCUT2D eigenvalue weighted by Gasteiger charge is -2.36. The van der Waals surface area contributed by atoms with Gasteiger partial charge >= 0.3 is 0 Å². The molecule has 2 aromatic rings. The van der Waals surface area contributed by atoms with Crippen LogP contribution >= 0.6 is 35.2 Å². The second-order valence-corrected chi connectivity index (χ2v) is 18.0. The fraction of sp³-hybridized carbons (Fsp3) is 0.517. The minimum atomic E-state index is -5.92. The van der Waals surface area contributed by atoms with Crippen LogP contribution in [0.5, 0.6) is 0 Å². The number of amides is 2. The van der Waals surface area contributed by atoms with Gasteiger partial charge in [0.15, 0.2) is 17.7 Å². The lowest BCUT2D eigenvalue weighted by atomic mass is 9.87. The van der Waals surface area contributed by atoms with Gasteiger partial charge in [-0.1, -0.05) is 37.8 Å². The standard InChI is InChI=1S/C29H42N7O18P3S/c1-29(2,24(40)27(41)32-8-7-19(37)31-9-11-58-20(38)12-17-6-4-3-5-10-49-17)14-51-57(47,48)54-56(45,46)50-13-18-23(53-55(42,43)44)22(39)28(52-18)36-16-35-21-25(30)33-15-34-26(21)36/h3-5,10,12,15-16,18,22-24,28,39-40H,6-9,11,13-14H2,1-2H3,(H,31,37)(H,32,41)(H,45,46)(H,47,48)(H2,30,33,34)(H2,42,43,44)/p-4/b17-12+/t18-,22-,23-,24+,28-/m1/s1. The van der Waals surface area contributed by atoms with Crippen molar-refractivity contribution in [1.82, 2.24) is 30.2 Å². The minimum Gasteiger partial charge on any atom is -0.790 e. The molecule has 4 heterocycles. The SMILES string of the molecule is CC(C)(COP(=O)([O-])OP(=O)([O-])OC[C@H]1O[C@@H](n2cnc3c(N)ncnc32)[C@H](O)[C@@H]1OP(=O)([O-])[O-])[C@@H](O)C(=O)NCCC(=O)NCCSC(=O)/C=C1\CC=CC=CO1. The smallest absolute Gasteiger partial charge is 0.274 e. The normalized spacial score (nSPS) is 23.1. The van der Waals surface area contributed by atoms with Gasteiger partial charge in [-0.3, -0.25) is 28.1 Å². The Morgan fingerprint density at radius 1 is 1.10 bits per heavy atom. The van der Waals surface area contributed by atoms with Crippen molar-refractivity contribution in [2.45, 2.75) is 57.3 Å². The van der Waals surface area contributed by atoms with Crippen LogP contribution in [0.4, 0.5) is 5.82 Å². The zero-order chi connectivity index (χ0) is 42.9. The molecule has 2 unspecified atom stereocenters. The molecule has 0 aromatic carbocycles. The second kappa shape index (κ2) is 20.2. The van der Waals surface area contributed by atoms with Crippen LogP contribution in [0.3, 0.4) is 0 Å². The highest BCUT2D eigenvalue weighted by atomic mass is 32.2. The Morgan fingerprint density at radius 3 is 2.55 bits per heavy atom.